The molecule has 0 amide bonds. The number of nitrogens with zero attached hydrogens (tertiary/aromatic N) is 4. The fourth-order valence-corrected chi connectivity index (χ4v) is 2.57. The van der Waals surface area contributed by atoms with Crippen LogP contribution in [0.1, 0.15) is 11.3 Å². The van der Waals surface area contributed by atoms with Crippen LogP contribution in [0.3, 0.4) is 0 Å². The summed E-state index contributed by atoms with van der Waals surface area (Å²) in [6.07, 6.45) is 0. The molecule has 2 heterocycles. The van der Waals surface area contributed by atoms with Crippen LogP contribution in [0.25, 0.3) is 0 Å². The number of aliphatic hydroxyl groups excluding tert-OH is 1. The maximum absolute atomic E-state index is 9.34. The number of hydrogen-bond donors (Lipinski definition) is 3. The van der Waals surface area contributed by atoms with Crippen molar-refractivity contribution in [2.24, 2.45) is 7.05 Å². The molecule has 2 aromatic heterocycles. The van der Waals surface area contributed by atoms with Crippen LogP contribution in [0.15, 0.2) is 16.2 Å². The maximum Gasteiger partial charge on any atom is 0.197 e. The summed E-state index contributed by atoms with van der Waals surface area (Å²) in [6, 6.07) is 1.49. The van der Waals surface area contributed by atoms with Gasteiger partial charge in [0.25, 0.3) is 0 Å². The quantitative estimate of drug-likeness (QED) is 0.685. The van der Waals surface area contributed by atoms with E-state index in [0.717, 1.165) is 16.3 Å². The lowest BCUT2D eigenvalue weighted by molar-refractivity contribution is 0.277. The molecule has 0 aliphatic rings. The average Bonchev–Trinajstić information content (AvgIpc) is 2.52. The topological polar surface area (TPSA) is 116 Å². The number of hydrogen-bond acceptors (Lipinski definition) is 7. The zero-order valence-electron chi connectivity index (χ0n) is 10.1. The van der Waals surface area contributed by atoms with Crippen molar-refractivity contribution >= 4 is 23.4 Å². The Hall–Kier alpha value is -1.80. The largest absolute Gasteiger partial charge is 0.392 e. The predicted molar refractivity (Wildman–Crippen MR) is 68.8 cm³/mol. The lowest BCUT2D eigenvalue weighted by Crippen LogP contribution is -2.01. The van der Waals surface area contributed by atoms with E-state index in [9.17, 15) is 5.11 Å². The predicted octanol–water partition coefficient (Wildman–Crippen LogP) is 0.326. The van der Waals surface area contributed by atoms with Crippen molar-refractivity contribution in [3.63, 3.8) is 0 Å². The van der Waals surface area contributed by atoms with Gasteiger partial charge in [-0.3, -0.25) is 4.68 Å². The highest BCUT2D eigenvalue weighted by Crippen LogP contribution is 2.30. The minimum absolute atomic E-state index is 0.0835. The molecule has 2 rings (SSSR count). The van der Waals surface area contributed by atoms with Gasteiger partial charge in [0.1, 0.15) is 16.7 Å². The SMILES string of the molecule is Cc1nn(C)c(Sc2nc(N)cc(N)n2)c1CO. The van der Waals surface area contributed by atoms with Gasteiger partial charge >= 0.3 is 0 Å². The van der Waals surface area contributed by atoms with E-state index in [1.54, 1.807) is 11.7 Å². The van der Waals surface area contributed by atoms with Gasteiger partial charge in [-0.1, -0.05) is 0 Å². The van der Waals surface area contributed by atoms with Crippen molar-refractivity contribution < 1.29 is 5.11 Å². The molecule has 0 aliphatic heterocycles. The molecule has 0 saturated carbocycles. The third-order valence-corrected chi connectivity index (χ3v) is 3.45. The summed E-state index contributed by atoms with van der Waals surface area (Å²) in [5, 5.41) is 14.8. The molecule has 0 radical (unpaired) electrons. The number of aliphatic hydroxyl groups is 1. The standard InChI is InChI=1S/C10H14N6OS/c1-5-6(4-17)9(16(2)15-5)18-10-13-7(11)3-8(12)14-10/h3,17H,4H2,1-2H3,(H4,11,12,13,14). The van der Waals surface area contributed by atoms with Crippen LogP contribution in [0.2, 0.25) is 0 Å². The van der Waals surface area contributed by atoms with Crippen molar-refractivity contribution in [2.75, 3.05) is 11.5 Å². The lowest BCUT2D eigenvalue weighted by atomic mass is 10.3. The van der Waals surface area contributed by atoms with E-state index in [2.05, 4.69) is 15.1 Å². The van der Waals surface area contributed by atoms with Crippen LogP contribution in [0, 0.1) is 6.92 Å². The van der Waals surface area contributed by atoms with Crippen LogP contribution >= 0.6 is 11.8 Å². The second-order valence-electron chi connectivity index (χ2n) is 3.75. The summed E-state index contributed by atoms with van der Waals surface area (Å²) in [5.74, 6) is 0.629. The Labute approximate surface area is 108 Å². The van der Waals surface area contributed by atoms with Crippen molar-refractivity contribution in [1.82, 2.24) is 19.7 Å². The Bertz CT molecular complexity index is 562. The molecule has 7 nitrogen and oxygen atoms in total. The third kappa shape index (κ3) is 2.39. The number of aryl methyl sites for hydroxylation is 2. The van der Waals surface area contributed by atoms with Gasteiger partial charge in [-0.15, -0.1) is 0 Å². The van der Waals surface area contributed by atoms with E-state index in [1.807, 2.05) is 6.92 Å². The molecule has 0 unspecified atom stereocenters. The van der Waals surface area contributed by atoms with Crippen LogP contribution in [0.5, 0.6) is 0 Å². The maximum atomic E-state index is 9.34. The first-order valence-electron chi connectivity index (χ1n) is 5.22. The van der Waals surface area contributed by atoms with E-state index < -0.39 is 0 Å². The van der Waals surface area contributed by atoms with Gasteiger partial charge in [0, 0.05) is 18.7 Å². The highest BCUT2D eigenvalue weighted by atomic mass is 32.2. The van der Waals surface area contributed by atoms with E-state index in [1.165, 1.54) is 17.8 Å². The highest BCUT2D eigenvalue weighted by molar-refractivity contribution is 7.99. The van der Waals surface area contributed by atoms with Crippen molar-refractivity contribution in [1.29, 1.82) is 0 Å². The second kappa shape index (κ2) is 4.83. The van der Waals surface area contributed by atoms with E-state index in [-0.39, 0.29) is 6.61 Å². The number of anilines is 2. The minimum Gasteiger partial charge on any atom is -0.392 e. The van der Waals surface area contributed by atoms with E-state index >= 15 is 0 Å². The molecule has 5 N–H and O–H groups in total. The summed E-state index contributed by atoms with van der Waals surface area (Å²) in [6.45, 7) is 1.75. The summed E-state index contributed by atoms with van der Waals surface area (Å²) in [7, 11) is 1.80. The third-order valence-electron chi connectivity index (χ3n) is 2.38. The van der Waals surface area contributed by atoms with Gasteiger partial charge in [0.2, 0.25) is 0 Å². The van der Waals surface area contributed by atoms with Crippen LogP contribution in [-0.2, 0) is 13.7 Å². The Balaban J connectivity index is 2.39. The zero-order valence-corrected chi connectivity index (χ0v) is 10.9. The highest BCUT2D eigenvalue weighted by Gasteiger charge is 2.15. The number of nitrogen functional groups attached to an aromatic ring is 2. The van der Waals surface area contributed by atoms with Gasteiger partial charge in [-0.2, -0.15) is 5.10 Å². The monoisotopic (exact) mass is 266 g/mol. The molecule has 18 heavy (non-hydrogen) atoms. The average molecular weight is 266 g/mol. The van der Waals surface area contributed by atoms with Gasteiger partial charge in [0.15, 0.2) is 5.16 Å². The van der Waals surface area contributed by atoms with Crippen LogP contribution in [0.4, 0.5) is 11.6 Å². The first kappa shape index (κ1) is 12.7. The molecule has 0 atom stereocenters. The van der Waals surface area contributed by atoms with Crippen molar-refractivity contribution in [3.8, 4) is 0 Å². The first-order chi connectivity index (χ1) is 8.51. The molecular formula is C10H14N6OS. The van der Waals surface area contributed by atoms with Gasteiger partial charge in [-0.25, -0.2) is 9.97 Å². The number of nitrogens with two attached hydrogens (primary N) is 2. The van der Waals surface area contributed by atoms with E-state index in [0.29, 0.717) is 16.8 Å². The van der Waals surface area contributed by atoms with Crippen LogP contribution in [-0.4, -0.2) is 24.9 Å². The van der Waals surface area contributed by atoms with Crippen molar-refractivity contribution in [3.05, 3.63) is 17.3 Å². The number of rotatable bonds is 3. The fraction of sp³-hybridized carbons (Fsp3) is 0.300. The van der Waals surface area contributed by atoms with E-state index in [4.69, 9.17) is 11.5 Å². The Morgan fingerprint density at radius 3 is 2.50 bits per heavy atom. The molecule has 0 bridgehead atoms. The molecule has 2 aromatic rings. The Morgan fingerprint density at radius 1 is 1.33 bits per heavy atom. The molecule has 8 heteroatoms. The molecular weight excluding hydrogens is 252 g/mol. The normalized spacial score (nSPS) is 10.8. The lowest BCUT2D eigenvalue weighted by Gasteiger charge is -2.04. The molecule has 0 saturated heterocycles. The first-order valence-corrected chi connectivity index (χ1v) is 6.04. The molecule has 0 fully saturated rings. The van der Waals surface area contributed by atoms with Gasteiger partial charge < -0.3 is 16.6 Å². The fourth-order valence-electron chi connectivity index (χ4n) is 1.58. The minimum atomic E-state index is -0.0835. The summed E-state index contributed by atoms with van der Waals surface area (Å²) >= 11 is 1.27. The Kier molecular flexibility index (Phi) is 3.39. The van der Waals surface area contributed by atoms with Gasteiger partial charge in [-0.05, 0) is 18.7 Å². The smallest absolute Gasteiger partial charge is 0.197 e. The second-order valence-corrected chi connectivity index (χ2v) is 4.71. The van der Waals surface area contributed by atoms with Gasteiger partial charge in [0.05, 0.1) is 12.3 Å². The molecule has 0 aromatic carbocycles. The molecule has 0 spiro atoms. The zero-order chi connectivity index (χ0) is 13.3. The summed E-state index contributed by atoms with van der Waals surface area (Å²) < 4.78 is 1.67. The Morgan fingerprint density at radius 2 is 1.94 bits per heavy atom. The summed E-state index contributed by atoms with van der Waals surface area (Å²) in [4.78, 5) is 8.16. The molecule has 96 valence electrons. The molecule has 0 aliphatic carbocycles. The van der Waals surface area contributed by atoms with Crippen molar-refractivity contribution in [2.45, 2.75) is 23.7 Å². The van der Waals surface area contributed by atoms with Crippen LogP contribution < -0.4 is 11.5 Å². The number of aromatic nitrogens is 4. The summed E-state index contributed by atoms with van der Waals surface area (Å²) in [5.41, 5.74) is 12.8.